The molecule has 5 rings (SSSR count). The Morgan fingerprint density at radius 1 is 0.516 bits per heavy atom. The number of unbranched alkanes of at least 4 members (excludes halogenated alkanes) is 6. The minimum Gasteiger partial charge on any atom is -0.461 e. The normalized spacial score (nSPS) is 26.1. The highest BCUT2D eigenvalue weighted by molar-refractivity contribution is 5.77. The maximum atomic E-state index is 13.5. The monoisotopic (exact) mass is 866 g/mol. The van der Waals surface area contributed by atoms with Crippen molar-refractivity contribution in [1.29, 1.82) is 0 Å². The second kappa shape index (κ2) is 26.4. The number of hydrogen-bond acceptors (Lipinski definition) is 15. The standard InChI is InChI=1S/C47H62O15/c1-2-3-4-5-6-7-17-24-38(51)60-43-41(54)36(28-49)59-47(45(43)61-39(52)26-25-37(50)55-29-32-18-11-8-12-19-32)62-46-44(57-31-34-22-15-10-16-23-34)42(40(53)35(27-48)58-46)56-30-33-20-13-9-14-21-33/h8-16,18-23,35-36,40-49,53-54H,2-7,17,24-31H2,1H3/t35-,36-,40-,41-,42+,43+,44-,45-,46-,47-/m1/s1. The highest BCUT2D eigenvalue weighted by atomic mass is 16.8. The van der Waals surface area contributed by atoms with Crippen molar-refractivity contribution < 1.29 is 72.7 Å². The van der Waals surface area contributed by atoms with Gasteiger partial charge in [0.25, 0.3) is 0 Å². The van der Waals surface area contributed by atoms with Gasteiger partial charge in [-0.05, 0) is 23.1 Å². The summed E-state index contributed by atoms with van der Waals surface area (Å²) in [6.45, 7) is 0.791. The number of benzene rings is 3. The zero-order valence-corrected chi connectivity index (χ0v) is 35.3. The molecular weight excluding hydrogens is 805 g/mol. The quantitative estimate of drug-likeness (QED) is 0.0512. The van der Waals surface area contributed by atoms with Crippen LogP contribution >= 0.6 is 0 Å². The van der Waals surface area contributed by atoms with Gasteiger partial charge in [-0.1, -0.05) is 136 Å². The van der Waals surface area contributed by atoms with E-state index < -0.39 is 99.0 Å². The van der Waals surface area contributed by atoms with Crippen molar-refractivity contribution >= 4 is 17.9 Å². The van der Waals surface area contributed by atoms with Crippen LogP contribution in [-0.4, -0.2) is 113 Å². The Morgan fingerprint density at radius 3 is 1.50 bits per heavy atom. The lowest BCUT2D eigenvalue weighted by molar-refractivity contribution is -0.383. The number of aliphatic hydroxyl groups excluding tert-OH is 4. The zero-order valence-electron chi connectivity index (χ0n) is 35.3. The molecule has 3 aromatic rings. The third-order valence-electron chi connectivity index (χ3n) is 10.7. The molecule has 0 radical (unpaired) electrons. The predicted molar refractivity (Wildman–Crippen MR) is 222 cm³/mol. The Kier molecular flexibility index (Phi) is 20.7. The lowest BCUT2D eigenvalue weighted by atomic mass is 9.97. The Morgan fingerprint density at radius 2 is 0.952 bits per heavy atom. The number of carbonyl (C=O) groups is 3. The van der Waals surface area contributed by atoms with Crippen LogP contribution in [0.1, 0.15) is 87.8 Å². The van der Waals surface area contributed by atoms with E-state index >= 15 is 0 Å². The first kappa shape index (κ1) is 48.7. The Labute approximate surface area is 363 Å². The molecule has 0 unspecified atom stereocenters. The number of aliphatic hydroxyl groups is 4. The van der Waals surface area contributed by atoms with Crippen molar-refractivity contribution in [3.8, 4) is 0 Å². The van der Waals surface area contributed by atoms with Gasteiger partial charge < -0.3 is 58.3 Å². The van der Waals surface area contributed by atoms with Gasteiger partial charge in [-0.3, -0.25) is 14.4 Å². The highest BCUT2D eigenvalue weighted by Gasteiger charge is 2.54. The molecule has 2 fully saturated rings. The van der Waals surface area contributed by atoms with E-state index in [4.69, 9.17) is 37.9 Å². The SMILES string of the molecule is CCCCCCCCCC(=O)O[C@H]1[C@H](O)[C@@H](CO)O[C@H](O[C@H]2O[C@H](CO)[C@@H](O)[C@H](OCc3ccccc3)[C@H]2OCc2ccccc2)[C@@H]1OC(=O)CCC(=O)OCc1ccccc1. The maximum absolute atomic E-state index is 13.5. The van der Waals surface area contributed by atoms with Crippen LogP contribution in [0.3, 0.4) is 0 Å². The molecule has 4 N–H and O–H groups in total. The molecule has 0 saturated carbocycles. The van der Waals surface area contributed by atoms with E-state index in [1.54, 1.807) is 24.3 Å². The molecule has 0 aliphatic carbocycles. The van der Waals surface area contributed by atoms with Gasteiger partial charge in [-0.25, -0.2) is 0 Å². The van der Waals surface area contributed by atoms with E-state index in [0.29, 0.717) is 6.42 Å². The van der Waals surface area contributed by atoms with E-state index in [0.717, 1.165) is 55.2 Å². The van der Waals surface area contributed by atoms with Crippen LogP contribution in [-0.2, 0) is 72.1 Å². The molecular formula is C47H62O15. The first-order valence-electron chi connectivity index (χ1n) is 21.6. The molecule has 2 heterocycles. The number of rotatable bonds is 25. The Balaban J connectivity index is 1.38. The molecule has 0 amide bonds. The third-order valence-corrected chi connectivity index (χ3v) is 10.7. The summed E-state index contributed by atoms with van der Waals surface area (Å²) in [5.74, 6) is -2.28. The van der Waals surface area contributed by atoms with Crippen LogP contribution in [0.4, 0.5) is 0 Å². The minimum atomic E-state index is -1.70. The first-order chi connectivity index (χ1) is 30.2. The first-order valence-corrected chi connectivity index (χ1v) is 21.6. The topological polar surface area (TPSA) is 206 Å². The molecule has 0 bridgehead atoms. The van der Waals surface area contributed by atoms with Crippen LogP contribution in [0.25, 0.3) is 0 Å². The fraction of sp³-hybridized carbons (Fsp3) is 0.553. The summed E-state index contributed by atoms with van der Waals surface area (Å²) in [6, 6.07) is 27.4. The number of ether oxygens (including phenoxy) is 8. The van der Waals surface area contributed by atoms with Gasteiger partial charge in [0, 0.05) is 6.42 Å². The maximum Gasteiger partial charge on any atom is 0.306 e. The van der Waals surface area contributed by atoms with Crippen molar-refractivity contribution in [2.24, 2.45) is 0 Å². The summed E-state index contributed by atoms with van der Waals surface area (Å²) in [5, 5.41) is 43.6. The van der Waals surface area contributed by atoms with Gasteiger partial charge >= 0.3 is 17.9 Å². The van der Waals surface area contributed by atoms with E-state index in [2.05, 4.69) is 6.92 Å². The van der Waals surface area contributed by atoms with E-state index in [1.165, 1.54) is 0 Å². The second-order valence-electron chi connectivity index (χ2n) is 15.5. The van der Waals surface area contributed by atoms with Crippen molar-refractivity contribution in [3.05, 3.63) is 108 Å². The van der Waals surface area contributed by atoms with E-state index in [9.17, 15) is 34.8 Å². The van der Waals surface area contributed by atoms with Crippen LogP contribution in [0.5, 0.6) is 0 Å². The molecule has 2 saturated heterocycles. The van der Waals surface area contributed by atoms with Gasteiger partial charge in [0.15, 0.2) is 18.5 Å². The average Bonchev–Trinajstić information content (AvgIpc) is 3.29. The molecule has 0 spiro atoms. The molecule has 2 aliphatic rings. The van der Waals surface area contributed by atoms with Crippen molar-refractivity contribution in [2.45, 2.75) is 152 Å². The minimum absolute atomic E-state index is 0.00108. The third kappa shape index (κ3) is 15.2. The van der Waals surface area contributed by atoms with Crippen LogP contribution in [0.2, 0.25) is 0 Å². The number of carbonyl (C=O) groups excluding carboxylic acids is 3. The van der Waals surface area contributed by atoms with E-state index in [-0.39, 0.29) is 32.7 Å². The Hall–Kier alpha value is -4.29. The smallest absolute Gasteiger partial charge is 0.306 e. The number of esters is 3. The molecule has 62 heavy (non-hydrogen) atoms. The molecule has 15 nitrogen and oxygen atoms in total. The number of hydrogen-bond donors (Lipinski definition) is 4. The van der Waals surface area contributed by atoms with Gasteiger partial charge in [-0.2, -0.15) is 0 Å². The van der Waals surface area contributed by atoms with Crippen LogP contribution in [0, 0.1) is 0 Å². The Bertz CT molecular complexity index is 1730. The lowest BCUT2D eigenvalue weighted by Gasteiger charge is -2.47. The second-order valence-corrected chi connectivity index (χ2v) is 15.5. The lowest BCUT2D eigenvalue weighted by Crippen LogP contribution is -2.65. The van der Waals surface area contributed by atoms with E-state index in [1.807, 2.05) is 66.7 Å². The molecule has 15 heteroatoms. The van der Waals surface area contributed by atoms with Gasteiger partial charge in [0.2, 0.25) is 6.29 Å². The fourth-order valence-corrected chi connectivity index (χ4v) is 7.26. The largest absolute Gasteiger partial charge is 0.461 e. The van der Waals surface area contributed by atoms with Crippen LogP contribution in [0.15, 0.2) is 91.0 Å². The van der Waals surface area contributed by atoms with Crippen molar-refractivity contribution in [1.82, 2.24) is 0 Å². The summed E-state index contributed by atoms with van der Waals surface area (Å²) >= 11 is 0. The summed E-state index contributed by atoms with van der Waals surface area (Å²) in [4.78, 5) is 39.5. The highest BCUT2D eigenvalue weighted by Crippen LogP contribution is 2.34. The van der Waals surface area contributed by atoms with Gasteiger partial charge in [0.1, 0.15) is 43.2 Å². The van der Waals surface area contributed by atoms with Crippen molar-refractivity contribution in [3.63, 3.8) is 0 Å². The summed E-state index contributed by atoms with van der Waals surface area (Å²) in [7, 11) is 0. The van der Waals surface area contributed by atoms with Gasteiger partial charge in [-0.15, -0.1) is 0 Å². The summed E-state index contributed by atoms with van der Waals surface area (Å²) in [5.41, 5.74) is 2.32. The fourth-order valence-electron chi connectivity index (χ4n) is 7.26. The summed E-state index contributed by atoms with van der Waals surface area (Å²) < 4.78 is 48.1. The van der Waals surface area contributed by atoms with Crippen molar-refractivity contribution in [2.75, 3.05) is 13.2 Å². The summed E-state index contributed by atoms with van der Waals surface area (Å²) in [6.07, 6.45) is -8.70. The van der Waals surface area contributed by atoms with Crippen LogP contribution < -0.4 is 0 Å². The van der Waals surface area contributed by atoms with Gasteiger partial charge in [0.05, 0.1) is 39.3 Å². The molecule has 340 valence electrons. The predicted octanol–water partition coefficient (Wildman–Crippen LogP) is 4.82. The molecule has 2 aliphatic heterocycles. The molecule has 0 aromatic heterocycles. The average molecular weight is 867 g/mol. The molecule has 3 aromatic carbocycles. The zero-order chi connectivity index (χ0) is 44.1. The molecule has 10 atom stereocenters.